The molecule has 1 aromatic heterocycles. The van der Waals surface area contributed by atoms with Gasteiger partial charge in [-0.2, -0.15) is 0 Å². The largest absolute Gasteiger partial charge is 0.208 e. The van der Waals surface area contributed by atoms with Crippen LogP contribution in [0.1, 0.15) is 16.4 Å². The summed E-state index contributed by atoms with van der Waals surface area (Å²) in [6, 6.07) is 22.0. The molecule has 0 saturated carbocycles. The van der Waals surface area contributed by atoms with Crippen molar-refractivity contribution >= 4 is 21.5 Å². The zero-order chi connectivity index (χ0) is 39.7. The molecule has 0 N–H and O–H groups in total. The van der Waals surface area contributed by atoms with Gasteiger partial charge in [-0.1, -0.05) is 145 Å². The summed E-state index contributed by atoms with van der Waals surface area (Å²) in [6.07, 6.45) is 0. The number of hydrogen-bond donors (Lipinski definition) is 0. The molecule has 0 unspecified atom stereocenters. The number of aromatic nitrogens is 3. The average molecular weight is 574 g/mol. The number of fused-ring (bicyclic) bond motifs is 2. The van der Waals surface area contributed by atoms with Gasteiger partial charge in [0.05, 0.1) is 16.4 Å². The third-order valence-corrected chi connectivity index (χ3v) is 7.28. The van der Waals surface area contributed by atoms with Crippen LogP contribution in [0.2, 0.25) is 0 Å². The lowest BCUT2D eigenvalue weighted by atomic mass is 9.97. The van der Waals surface area contributed by atoms with Gasteiger partial charge in [-0.25, -0.2) is 15.0 Å². The van der Waals surface area contributed by atoms with Crippen LogP contribution in [-0.2, 0) is 0 Å². The van der Waals surface area contributed by atoms with Crippen LogP contribution in [0.5, 0.6) is 0 Å². The third kappa shape index (κ3) is 4.91. The highest BCUT2D eigenvalue weighted by Gasteiger charge is 2.14. The molecule has 0 fully saturated rings. The SMILES string of the molecule is [2H]c1c([2H])c([2H])c(-c2ccc3cc(-c4nc(-c5ccccc5)nc(-c5cccc(-c6c([2H])c([2H])c([2H])c7c([2H])c([2H])c([2H])c([2H])c67)c5)n4)ccc3c2)c([2H])c1[2H]. The predicted molar refractivity (Wildman–Crippen MR) is 182 cm³/mol. The fourth-order valence-corrected chi connectivity index (χ4v) is 5.13. The van der Waals surface area contributed by atoms with Crippen molar-refractivity contribution in [1.82, 2.24) is 15.0 Å². The highest BCUT2D eigenvalue weighted by Crippen LogP contribution is 2.33. The maximum Gasteiger partial charge on any atom is 0.164 e. The van der Waals surface area contributed by atoms with E-state index in [-0.39, 0.29) is 45.9 Å². The Morgan fingerprint density at radius 2 is 0.955 bits per heavy atom. The Balaban J connectivity index is 1.28. The van der Waals surface area contributed by atoms with Crippen molar-refractivity contribution in [2.45, 2.75) is 0 Å². The molecule has 3 heteroatoms. The van der Waals surface area contributed by atoms with Crippen LogP contribution in [0.15, 0.2) is 164 Å². The van der Waals surface area contributed by atoms with Gasteiger partial charge in [0.2, 0.25) is 0 Å². The molecule has 8 aromatic rings. The van der Waals surface area contributed by atoms with Crippen LogP contribution in [0.3, 0.4) is 0 Å². The normalized spacial score (nSPS) is 15.0. The van der Waals surface area contributed by atoms with Crippen LogP contribution >= 0.6 is 0 Å². The second-order valence-corrected chi connectivity index (χ2v) is 10.0. The smallest absolute Gasteiger partial charge is 0.164 e. The Bertz CT molecular complexity index is 2920. The van der Waals surface area contributed by atoms with E-state index >= 15 is 0 Å². The second-order valence-electron chi connectivity index (χ2n) is 10.0. The molecule has 1 heterocycles. The molecule has 0 aliphatic rings. The van der Waals surface area contributed by atoms with Crippen molar-refractivity contribution < 1.29 is 16.4 Å². The first-order chi connectivity index (χ1) is 26.8. The summed E-state index contributed by atoms with van der Waals surface area (Å²) in [5.74, 6) is 0.984. The van der Waals surface area contributed by atoms with E-state index < -0.39 is 54.4 Å². The minimum Gasteiger partial charge on any atom is -0.208 e. The molecule has 0 atom stereocenters. The van der Waals surface area contributed by atoms with E-state index in [2.05, 4.69) is 0 Å². The van der Waals surface area contributed by atoms with E-state index in [4.69, 9.17) is 31.4 Å². The van der Waals surface area contributed by atoms with Gasteiger partial charge in [-0.15, -0.1) is 0 Å². The van der Waals surface area contributed by atoms with Crippen LogP contribution in [0, 0.1) is 0 Å². The van der Waals surface area contributed by atoms with Crippen molar-refractivity contribution in [3.8, 4) is 56.4 Å². The van der Waals surface area contributed by atoms with Crippen LogP contribution in [0.4, 0.5) is 0 Å². The summed E-state index contributed by atoms with van der Waals surface area (Å²) < 4.78 is 101. The molecular formula is C41H27N3. The van der Waals surface area contributed by atoms with Crippen LogP contribution < -0.4 is 0 Å². The molecule has 0 radical (unpaired) electrons. The average Bonchev–Trinajstić information content (AvgIpc) is 3.22. The van der Waals surface area contributed by atoms with Gasteiger partial charge < -0.3 is 0 Å². The summed E-state index contributed by atoms with van der Waals surface area (Å²) in [5, 5.41) is 1.38. The molecule has 44 heavy (non-hydrogen) atoms. The minimum absolute atomic E-state index is 0.0219. The molecule has 8 rings (SSSR count). The maximum absolute atomic E-state index is 8.85. The molecule has 0 spiro atoms. The fourth-order valence-electron chi connectivity index (χ4n) is 5.13. The van der Waals surface area contributed by atoms with Crippen molar-refractivity contribution in [1.29, 1.82) is 0 Å². The van der Waals surface area contributed by atoms with E-state index in [1.807, 2.05) is 48.5 Å². The molecule has 0 amide bonds. The highest BCUT2D eigenvalue weighted by molar-refractivity contribution is 5.97. The molecule has 3 nitrogen and oxygen atoms in total. The zero-order valence-electron chi connectivity index (χ0n) is 35.0. The molecule has 206 valence electrons. The summed E-state index contributed by atoms with van der Waals surface area (Å²) in [5.41, 5.74) is 2.92. The van der Waals surface area contributed by atoms with E-state index in [1.54, 1.807) is 42.5 Å². The van der Waals surface area contributed by atoms with Gasteiger partial charge in [0.15, 0.2) is 17.5 Å². The fraction of sp³-hybridized carbons (Fsp3) is 0. The lowest BCUT2D eigenvalue weighted by Gasteiger charge is -2.11. The van der Waals surface area contributed by atoms with Gasteiger partial charge >= 0.3 is 0 Å². The first kappa shape index (κ1) is 16.1. The number of rotatable bonds is 5. The van der Waals surface area contributed by atoms with Gasteiger partial charge in [0.25, 0.3) is 0 Å². The summed E-state index contributed by atoms with van der Waals surface area (Å²) in [7, 11) is 0. The quantitative estimate of drug-likeness (QED) is 0.206. The Labute approximate surface area is 273 Å². The van der Waals surface area contributed by atoms with E-state index in [9.17, 15) is 0 Å². The lowest BCUT2D eigenvalue weighted by Crippen LogP contribution is -2.00. The van der Waals surface area contributed by atoms with Crippen molar-refractivity contribution in [3.63, 3.8) is 0 Å². The molecule has 0 aliphatic heterocycles. The number of nitrogens with zero attached hydrogens (tertiary/aromatic N) is 3. The number of benzene rings is 7. The Morgan fingerprint density at radius 3 is 1.75 bits per heavy atom. The van der Waals surface area contributed by atoms with Crippen molar-refractivity contribution in [3.05, 3.63) is 164 Å². The third-order valence-electron chi connectivity index (χ3n) is 7.28. The van der Waals surface area contributed by atoms with Crippen molar-refractivity contribution in [2.75, 3.05) is 0 Å². The van der Waals surface area contributed by atoms with E-state index in [0.29, 0.717) is 33.9 Å². The van der Waals surface area contributed by atoms with Gasteiger partial charge in [0.1, 0.15) is 0 Å². The molecule has 0 saturated heterocycles. The predicted octanol–water partition coefficient (Wildman–Crippen LogP) is 10.5. The number of hydrogen-bond acceptors (Lipinski definition) is 3. The minimum atomic E-state index is -0.526. The van der Waals surface area contributed by atoms with Crippen molar-refractivity contribution in [2.24, 2.45) is 0 Å². The Morgan fingerprint density at radius 1 is 0.364 bits per heavy atom. The summed E-state index contributed by atoms with van der Waals surface area (Å²) >= 11 is 0. The standard InChI is InChI=1S/C41H27N3/c1-3-11-28(12-4-1)31-21-22-33-26-36(24-23-32(33)25-31)41-43-39(30-14-5-2-6-15-30)42-40(44-41)35-18-9-17-34(27-35)38-20-10-16-29-13-7-8-19-37(29)38/h1-27H/i1D,3D,4D,7D,8D,10D,11D,12D,13D,16D,19D,20D. The molecule has 0 bridgehead atoms. The van der Waals surface area contributed by atoms with E-state index in [0.717, 1.165) is 16.3 Å². The topological polar surface area (TPSA) is 38.7 Å². The first-order valence-electron chi connectivity index (χ1n) is 19.8. The Hall–Kier alpha value is -5.93. The van der Waals surface area contributed by atoms with Gasteiger partial charge in [0, 0.05) is 16.7 Å². The van der Waals surface area contributed by atoms with Gasteiger partial charge in [-0.3, -0.25) is 0 Å². The molecule has 7 aromatic carbocycles. The Kier molecular flexibility index (Phi) is 4.03. The van der Waals surface area contributed by atoms with Crippen LogP contribution in [0.25, 0.3) is 78.0 Å². The first-order valence-corrected chi connectivity index (χ1v) is 13.8. The lowest BCUT2D eigenvalue weighted by molar-refractivity contribution is 1.07. The zero-order valence-corrected chi connectivity index (χ0v) is 23.0. The van der Waals surface area contributed by atoms with Gasteiger partial charge in [-0.05, 0) is 62.0 Å². The molecular weight excluding hydrogens is 534 g/mol. The maximum atomic E-state index is 8.85. The molecule has 0 aliphatic carbocycles. The second kappa shape index (κ2) is 11.0. The monoisotopic (exact) mass is 573 g/mol. The summed E-state index contributed by atoms with van der Waals surface area (Å²) in [6.45, 7) is 0. The van der Waals surface area contributed by atoms with E-state index in [1.165, 1.54) is 0 Å². The van der Waals surface area contributed by atoms with Crippen LogP contribution in [-0.4, -0.2) is 15.0 Å². The summed E-state index contributed by atoms with van der Waals surface area (Å²) in [4.78, 5) is 14.5. The highest BCUT2D eigenvalue weighted by atomic mass is 15.0.